The number of esters is 2. The average Bonchev–Trinajstić information content (AvgIpc) is 3.40. The van der Waals surface area contributed by atoms with Crippen molar-refractivity contribution in [2.45, 2.75) is 123 Å². The summed E-state index contributed by atoms with van der Waals surface area (Å²) < 4.78 is 42.4. The van der Waals surface area contributed by atoms with Crippen LogP contribution in [-0.4, -0.2) is 306 Å². The number of aliphatic hydroxyl groups is 14. The fourth-order valence-electron chi connectivity index (χ4n) is 8.20. The zero-order valence-corrected chi connectivity index (χ0v) is 39.4. The maximum atomic E-state index is 14.4. The smallest absolute Gasteiger partial charge is 0.325 e. The first kappa shape index (κ1) is 60.1. The number of aliphatic hydroxyl groups excluding tert-OH is 14. The van der Waals surface area contributed by atoms with Gasteiger partial charge in [0, 0.05) is 11.1 Å². The minimum absolute atomic E-state index is 0.395. The summed E-state index contributed by atoms with van der Waals surface area (Å²) in [7, 11) is 2.04. The monoisotopic (exact) mass is 1070 g/mol. The molecule has 4 aliphatic rings. The Labute approximate surface area is 418 Å². The number of methoxy groups -OCH3 is 2. The van der Waals surface area contributed by atoms with E-state index in [0.717, 1.165) is 38.5 Å². The zero-order chi connectivity index (χ0) is 54.9. The Hall–Kier alpha value is -4.76. The molecule has 0 aliphatic carbocycles. The lowest BCUT2D eigenvalue weighted by Crippen LogP contribution is -2.67. The van der Waals surface area contributed by atoms with Crippen LogP contribution in [0, 0.1) is 0 Å². The molecule has 0 radical (unpaired) electrons. The maximum Gasteiger partial charge on any atom is 0.325 e. The van der Waals surface area contributed by atoms with Crippen molar-refractivity contribution >= 4 is 35.6 Å². The van der Waals surface area contributed by atoms with Crippen molar-refractivity contribution in [3.8, 4) is 0 Å². The van der Waals surface area contributed by atoms with Crippen molar-refractivity contribution in [1.82, 2.24) is 20.4 Å². The molecule has 5 rings (SSSR count). The van der Waals surface area contributed by atoms with Gasteiger partial charge in [0.2, 0.25) is 11.8 Å². The Morgan fingerprint density at radius 3 is 1.08 bits per heavy atom. The molecule has 0 spiro atoms. The van der Waals surface area contributed by atoms with E-state index >= 15 is 0 Å². The molecule has 16 N–H and O–H groups in total. The van der Waals surface area contributed by atoms with E-state index in [0.29, 0.717) is 9.80 Å². The van der Waals surface area contributed by atoms with Crippen LogP contribution in [0.2, 0.25) is 0 Å². The molecule has 20 atom stereocenters. The normalized spacial score (nSPS) is 36.2. The molecule has 32 nitrogen and oxygen atoms in total. The predicted octanol–water partition coefficient (Wildman–Crippen LogP) is -11.6. The second-order valence-corrected chi connectivity index (χ2v) is 17.2. The Balaban J connectivity index is 1.42. The topological polar surface area (TPSA) is 490 Å². The predicted molar refractivity (Wildman–Crippen MR) is 231 cm³/mol. The Kier molecular flexibility index (Phi) is 21.8. The minimum atomic E-state index is -2.24. The quantitative estimate of drug-likeness (QED) is 0.0539. The standard InChI is InChI=1S/C42H62N4O28/c1-67-23(53)7-43-21(51)9-45(39-31(61)29(59)35(19(13-49)69-39)73-41-33(63)27(57)25(55)17(11-47)71-41)37(65)15-3-5-16(6-4-15)38(66)46(10-22(52)44-8-24(54)68-2)40-32(62)30(60)36(20(14-50)70-40)74-42-34(64)28(58)26(56)18(12-48)72-42/h3-6,17-20,25-36,39-42,47-50,55-64H,7-14H2,1-2H3,(H,43,51)(H,44,52)/t17?,18?,19?,20?,25-,26-,27?,28?,29?,30?,31?,32?,33?,34?,35+,36+,39+,40+,41-,42-/m0/s1. The molecule has 4 aliphatic heterocycles. The van der Waals surface area contributed by atoms with Crippen molar-refractivity contribution < 1.29 is 138 Å². The van der Waals surface area contributed by atoms with Gasteiger partial charge in [0.05, 0.1) is 40.6 Å². The van der Waals surface area contributed by atoms with Crippen LogP contribution in [0.25, 0.3) is 0 Å². The molecule has 1 aromatic rings. The summed E-state index contributed by atoms with van der Waals surface area (Å²) >= 11 is 0. The Bertz CT molecular complexity index is 1910. The first-order chi connectivity index (χ1) is 35.1. The number of amides is 4. The van der Waals surface area contributed by atoms with Gasteiger partial charge in [-0.3, -0.25) is 28.8 Å². The number of benzene rings is 1. The summed E-state index contributed by atoms with van der Waals surface area (Å²) in [4.78, 5) is 79.8. The molecule has 1 aromatic carbocycles. The van der Waals surface area contributed by atoms with Gasteiger partial charge in [-0.25, -0.2) is 0 Å². The summed E-state index contributed by atoms with van der Waals surface area (Å²) in [5, 5.41) is 152. The summed E-state index contributed by atoms with van der Waals surface area (Å²) in [6.07, 6.45) is -38.4. The van der Waals surface area contributed by atoms with Gasteiger partial charge < -0.3 is 130 Å². The van der Waals surface area contributed by atoms with Crippen molar-refractivity contribution in [3.05, 3.63) is 35.4 Å². The van der Waals surface area contributed by atoms with E-state index in [1.165, 1.54) is 0 Å². The molecule has 74 heavy (non-hydrogen) atoms. The Morgan fingerprint density at radius 2 is 0.784 bits per heavy atom. The lowest BCUT2D eigenvalue weighted by molar-refractivity contribution is -0.347. The van der Waals surface area contributed by atoms with E-state index in [1.807, 2.05) is 0 Å². The second kappa shape index (κ2) is 26.8. The zero-order valence-electron chi connectivity index (χ0n) is 39.4. The molecule has 0 aromatic heterocycles. The molecule has 0 bridgehead atoms. The van der Waals surface area contributed by atoms with Gasteiger partial charge in [-0.2, -0.15) is 0 Å². The highest BCUT2D eigenvalue weighted by Crippen LogP contribution is 2.33. The molecule has 32 heteroatoms. The minimum Gasteiger partial charge on any atom is -0.468 e. The van der Waals surface area contributed by atoms with Crippen LogP contribution in [-0.2, 0) is 57.1 Å². The third-order valence-corrected chi connectivity index (χ3v) is 12.4. The number of rotatable bonds is 20. The van der Waals surface area contributed by atoms with E-state index in [1.54, 1.807) is 0 Å². The molecular formula is C42H62N4O28. The van der Waals surface area contributed by atoms with Gasteiger partial charge in [0.1, 0.15) is 124 Å². The molecular weight excluding hydrogens is 1010 g/mol. The lowest BCUT2D eigenvalue weighted by Gasteiger charge is -2.48. The summed E-state index contributed by atoms with van der Waals surface area (Å²) in [5.41, 5.74) is -0.791. The van der Waals surface area contributed by atoms with Crippen LogP contribution >= 0.6 is 0 Å². The maximum absolute atomic E-state index is 14.4. The molecule has 4 heterocycles. The second-order valence-electron chi connectivity index (χ2n) is 17.2. The van der Waals surface area contributed by atoms with Gasteiger partial charge in [0.25, 0.3) is 11.8 Å². The number of nitrogens with zero attached hydrogens (tertiary/aromatic N) is 2. The van der Waals surface area contributed by atoms with Gasteiger partial charge >= 0.3 is 11.9 Å². The molecule has 4 saturated heterocycles. The summed E-state index contributed by atoms with van der Waals surface area (Å²) in [6, 6.07) is 3.94. The van der Waals surface area contributed by atoms with E-state index in [-0.39, 0.29) is 0 Å². The third-order valence-electron chi connectivity index (χ3n) is 12.4. The van der Waals surface area contributed by atoms with Crippen LogP contribution in [0.3, 0.4) is 0 Å². The molecule has 4 fully saturated rings. The van der Waals surface area contributed by atoms with E-state index in [2.05, 4.69) is 20.1 Å². The number of carbonyl (C=O) groups excluding carboxylic acids is 6. The van der Waals surface area contributed by atoms with Gasteiger partial charge in [-0.15, -0.1) is 0 Å². The number of hydrogen-bond acceptors (Lipinski definition) is 28. The first-order valence-corrected chi connectivity index (χ1v) is 22.6. The third kappa shape index (κ3) is 13.6. The molecule has 12 unspecified atom stereocenters. The summed E-state index contributed by atoms with van der Waals surface area (Å²) in [5.74, 6) is -6.36. The molecule has 0 saturated carbocycles. The fraction of sp³-hybridized carbons (Fsp3) is 0.714. The lowest BCUT2D eigenvalue weighted by atomic mass is 9.95. The van der Waals surface area contributed by atoms with E-state index < -0.39 is 222 Å². The van der Waals surface area contributed by atoms with Crippen LogP contribution in [0.4, 0.5) is 0 Å². The number of hydrogen-bond donors (Lipinski definition) is 16. The average molecular weight is 1070 g/mol. The van der Waals surface area contributed by atoms with Gasteiger partial charge in [0.15, 0.2) is 25.0 Å². The van der Waals surface area contributed by atoms with E-state index in [4.69, 9.17) is 28.4 Å². The van der Waals surface area contributed by atoms with Crippen LogP contribution < -0.4 is 10.6 Å². The van der Waals surface area contributed by atoms with Crippen molar-refractivity contribution in [2.75, 3.05) is 66.8 Å². The highest BCUT2D eigenvalue weighted by molar-refractivity contribution is 6.00. The molecule has 4 amide bonds. The fourth-order valence-corrected chi connectivity index (χ4v) is 8.20. The SMILES string of the molecule is COC(=O)CNC(=O)CN(C(=O)c1ccc(C(=O)N(CC(=O)NCC(=O)OC)[C@@H]2OC(CO)[C@@H](O[C@@H]3OC(CO)[C@H](O)C(O)C3O)C(O)C2O)cc1)[C@@H]1OC(CO)[C@@H](O[C@@H]2OC(CO)[C@H](O)C(O)C2O)C(O)C1O. The largest absolute Gasteiger partial charge is 0.468 e. The van der Waals surface area contributed by atoms with Gasteiger partial charge in [-0.05, 0) is 24.3 Å². The number of ether oxygens (including phenoxy) is 8. The molecule has 418 valence electrons. The van der Waals surface area contributed by atoms with Crippen LogP contribution in [0.1, 0.15) is 20.7 Å². The highest BCUT2D eigenvalue weighted by Gasteiger charge is 2.54. The highest BCUT2D eigenvalue weighted by atomic mass is 16.7. The van der Waals surface area contributed by atoms with Crippen molar-refractivity contribution in [3.63, 3.8) is 0 Å². The van der Waals surface area contributed by atoms with Gasteiger partial charge in [-0.1, -0.05) is 0 Å². The number of carbonyl (C=O) groups is 6. The summed E-state index contributed by atoms with van der Waals surface area (Å²) in [6.45, 7) is -7.36. The van der Waals surface area contributed by atoms with Crippen molar-refractivity contribution in [2.24, 2.45) is 0 Å². The van der Waals surface area contributed by atoms with Crippen LogP contribution in [0.15, 0.2) is 24.3 Å². The number of nitrogens with one attached hydrogen (secondary N) is 2. The van der Waals surface area contributed by atoms with Crippen LogP contribution in [0.5, 0.6) is 0 Å². The van der Waals surface area contributed by atoms with E-state index in [9.17, 15) is 100 Å². The first-order valence-electron chi connectivity index (χ1n) is 22.6. The Morgan fingerprint density at radius 1 is 0.459 bits per heavy atom. The van der Waals surface area contributed by atoms with Crippen molar-refractivity contribution in [1.29, 1.82) is 0 Å².